The van der Waals surface area contributed by atoms with Gasteiger partial charge in [-0.05, 0) is 31.4 Å². The van der Waals surface area contributed by atoms with Crippen LogP contribution in [0.3, 0.4) is 0 Å². The number of likely N-dealkylation sites (tertiary alicyclic amines) is 2. The van der Waals surface area contributed by atoms with Gasteiger partial charge in [0.2, 0.25) is 5.91 Å². The Morgan fingerprint density at radius 1 is 1.07 bits per heavy atom. The third-order valence-electron chi connectivity index (χ3n) is 6.60. The van der Waals surface area contributed by atoms with Gasteiger partial charge in [-0.3, -0.25) is 9.69 Å². The number of amides is 1. The summed E-state index contributed by atoms with van der Waals surface area (Å²) in [4.78, 5) is 26.3. The van der Waals surface area contributed by atoms with Crippen molar-refractivity contribution in [2.45, 2.75) is 70.5 Å². The monoisotopic (exact) mass is 392 g/mol. The first-order valence-corrected chi connectivity index (χ1v) is 11.0. The van der Waals surface area contributed by atoms with Gasteiger partial charge in [-0.15, -0.1) is 0 Å². The molecule has 5 heteroatoms. The van der Waals surface area contributed by atoms with Gasteiger partial charge in [-0.2, -0.15) is 0 Å². The number of hydrogen-bond acceptors (Lipinski definition) is 4. The molecule has 0 N–H and O–H groups in total. The molecule has 3 heterocycles. The summed E-state index contributed by atoms with van der Waals surface area (Å²) in [5, 5.41) is 0. The number of rotatable bonds is 4. The molecule has 0 radical (unpaired) electrons. The zero-order valence-corrected chi connectivity index (χ0v) is 17.6. The first-order chi connectivity index (χ1) is 14.2. The summed E-state index contributed by atoms with van der Waals surface area (Å²) in [6, 6.07) is 11.4. The molecule has 3 atom stereocenters. The second-order valence-corrected chi connectivity index (χ2v) is 8.40. The van der Waals surface area contributed by atoms with Gasteiger partial charge in [-0.1, -0.05) is 43.7 Å². The van der Waals surface area contributed by atoms with E-state index in [-0.39, 0.29) is 11.9 Å². The maximum absolute atomic E-state index is 12.6. The minimum Gasteiger partial charge on any atom is -0.338 e. The van der Waals surface area contributed by atoms with Crippen LogP contribution in [0.1, 0.15) is 62.4 Å². The van der Waals surface area contributed by atoms with Crippen molar-refractivity contribution in [2.24, 2.45) is 0 Å². The van der Waals surface area contributed by atoms with E-state index < -0.39 is 0 Å². The van der Waals surface area contributed by atoms with Gasteiger partial charge in [0.25, 0.3) is 0 Å². The van der Waals surface area contributed by atoms with E-state index in [1.165, 1.54) is 12.0 Å². The fourth-order valence-electron chi connectivity index (χ4n) is 5.20. The minimum absolute atomic E-state index is 0.209. The highest BCUT2D eigenvalue weighted by atomic mass is 16.2. The van der Waals surface area contributed by atoms with Gasteiger partial charge < -0.3 is 4.90 Å². The topological polar surface area (TPSA) is 49.3 Å². The second kappa shape index (κ2) is 9.04. The Bertz CT molecular complexity index is 807. The first-order valence-electron chi connectivity index (χ1n) is 11.0. The number of hydrogen-bond donors (Lipinski definition) is 0. The zero-order valence-electron chi connectivity index (χ0n) is 17.6. The minimum atomic E-state index is 0.209. The van der Waals surface area contributed by atoms with Gasteiger partial charge in [0, 0.05) is 56.4 Å². The predicted molar refractivity (Wildman–Crippen MR) is 114 cm³/mol. The molecule has 1 amide bonds. The normalized spacial score (nSPS) is 25.3. The summed E-state index contributed by atoms with van der Waals surface area (Å²) in [6.07, 6.45) is 9.30. The summed E-state index contributed by atoms with van der Waals surface area (Å²) in [7, 11) is 0. The van der Waals surface area contributed by atoms with Crippen LogP contribution in [0, 0.1) is 0 Å². The fourth-order valence-corrected chi connectivity index (χ4v) is 5.20. The summed E-state index contributed by atoms with van der Waals surface area (Å²) in [6.45, 7) is 6.60. The van der Waals surface area contributed by atoms with Gasteiger partial charge in [-0.25, -0.2) is 9.97 Å². The number of carbonyl (C=O) groups is 1. The zero-order chi connectivity index (χ0) is 20.2. The van der Waals surface area contributed by atoms with Crippen molar-refractivity contribution in [3.05, 3.63) is 59.7 Å². The number of piperidine rings is 1. The highest BCUT2D eigenvalue weighted by molar-refractivity contribution is 5.74. The number of aromatic nitrogens is 2. The molecule has 29 heavy (non-hydrogen) atoms. The molecule has 0 bridgehead atoms. The molecule has 0 aliphatic carbocycles. The average molecular weight is 393 g/mol. The van der Waals surface area contributed by atoms with Crippen LogP contribution in [0.5, 0.6) is 0 Å². The number of fused-ring (bicyclic) bond motifs is 1. The smallest absolute Gasteiger partial charge is 0.219 e. The van der Waals surface area contributed by atoms with Gasteiger partial charge >= 0.3 is 0 Å². The molecule has 0 spiro atoms. The number of benzene rings is 1. The summed E-state index contributed by atoms with van der Waals surface area (Å²) < 4.78 is 0. The van der Waals surface area contributed by atoms with E-state index in [0.29, 0.717) is 12.0 Å². The molecule has 0 saturated carbocycles. The standard InChI is InChI=1S/C24H32N4O/c1-3-23-25-15-19(16-26-23)17-27-14-12-21(20-9-5-4-6-10-20)24-22(27)11-7-8-13-28(24)18(2)29/h4-6,9-10,15-16,21-22,24H,3,7-8,11-14,17H2,1-2H3/t21-,22-,24-/m1/s1. The van der Waals surface area contributed by atoms with E-state index in [4.69, 9.17) is 0 Å². The average Bonchev–Trinajstić information content (AvgIpc) is 2.99. The summed E-state index contributed by atoms with van der Waals surface area (Å²) in [5.41, 5.74) is 2.53. The van der Waals surface area contributed by atoms with Crippen LogP contribution >= 0.6 is 0 Å². The molecule has 2 aromatic rings. The molecular formula is C24H32N4O. The lowest BCUT2D eigenvalue weighted by Crippen LogP contribution is -2.58. The third-order valence-corrected chi connectivity index (χ3v) is 6.60. The quantitative estimate of drug-likeness (QED) is 0.794. The largest absolute Gasteiger partial charge is 0.338 e. The Kier molecular flexibility index (Phi) is 6.24. The van der Waals surface area contributed by atoms with Crippen LogP contribution in [0.2, 0.25) is 0 Å². The Morgan fingerprint density at radius 3 is 2.52 bits per heavy atom. The molecule has 1 aromatic carbocycles. The van der Waals surface area contributed by atoms with E-state index in [1.54, 1.807) is 6.92 Å². The van der Waals surface area contributed by atoms with E-state index in [1.807, 2.05) is 12.4 Å². The molecular weight excluding hydrogens is 360 g/mol. The maximum Gasteiger partial charge on any atom is 0.219 e. The lowest BCUT2D eigenvalue weighted by molar-refractivity contribution is -0.134. The van der Waals surface area contributed by atoms with Gasteiger partial charge in [0.1, 0.15) is 5.82 Å². The molecule has 2 saturated heterocycles. The Balaban J connectivity index is 1.63. The molecule has 1 aromatic heterocycles. The van der Waals surface area contributed by atoms with Crippen LogP contribution in [-0.4, -0.2) is 50.8 Å². The van der Waals surface area contributed by atoms with E-state index in [2.05, 4.69) is 57.0 Å². The first kappa shape index (κ1) is 20.0. The van der Waals surface area contributed by atoms with E-state index in [9.17, 15) is 4.79 Å². The Morgan fingerprint density at radius 2 is 1.83 bits per heavy atom. The number of carbonyl (C=O) groups excluding carboxylic acids is 1. The highest BCUT2D eigenvalue weighted by Gasteiger charge is 2.43. The molecule has 2 fully saturated rings. The molecule has 2 aliphatic rings. The SMILES string of the molecule is CCc1ncc(CN2CC[C@H](c3ccccc3)[C@@H]3[C@H]2CCCCN3C(C)=O)cn1. The van der Waals surface area contributed by atoms with Crippen LogP contribution in [0.4, 0.5) is 0 Å². The Labute approximate surface area is 174 Å². The molecule has 5 nitrogen and oxygen atoms in total. The van der Waals surface area contributed by atoms with Gasteiger partial charge in [0.15, 0.2) is 0 Å². The van der Waals surface area contributed by atoms with Crippen LogP contribution in [-0.2, 0) is 17.8 Å². The summed E-state index contributed by atoms with van der Waals surface area (Å²) in [5.74, 6) is 1.50. The predicted octanol–water partition coefficient (Wildman–Crippen LogP) is 3.80. The van der Waals surface area contributed by atoms with Crippen molar-refractivity contribution < 1.29 is 4.79 Å². The van der Waals surface area contributed by atoms with Crippen molar-refractivity contribution in [1.29, 1.82) is 0 Å². The molecule has 4 rings (SSSR count). The third kappa shape index (κ3) is 4.35. The number of nitrogens with zero attached hydrogens (tertiary/aromatic N) is 4. The van der Waals surface area contributed by atoms with Crippen molar-refractivity contribution in [2.75, 3.05) is 13.1 Å². The van der Waals surface area contributed by atoms with E-state index in [0.717, 1.165) is 56.7 Å². The molecule has 154 valence electrons. The lowest BCUT2D eigenvalue weighted by atomic mass is 9.78. The highest BCUT2D eigenvalue weighted by Crippen LogP contribution is 2.39. The van der Waals surface area contributed by atoms with Crippen molar-refractivity contribution in [1.82, 2.24) is 19.8 Å². The fraction of sp³-hybridized carbons (Fsp3) is 0.542. The van der Waals surface area contributed by atoms with Crippen LogP contribution in [0.25, 0.3) is 0 Å². The van der Waals surface area contributed by atoms with E-state index >= 15 is 0 Å². The van der Waals surface area contributed by atoms with Crippen LogP contribution < -0.4 is 0 Å². The van der Waals surface area contributed by atoms with Crippen LogP contribution in [0.15, 0.2) is 42.7 Å². The molecule has 2 aliphatic heterocycles. The molecule has 0 unspecified atom stereocenters. The second-order valence-electron chi connectivity index (χ2n) is 8.40. The summed E-state index contributed by atoms with van der Waals surface area (Å²) >= 11 is 0. The van der Waals surface area contributed by atoms with Gasteiger partial charge in [0.05, 0.1) is 6.04 Å². The van der Waals surface area contributed by atoms with Crippen molar-refractivity contribution in [3.63, 3.8) is 0 Å². The van der Waals surface area contributed by atoms with Crippen molar-refractivity contribution in [3.8, 4) is 0 Å². The lowest BCUT2D eigenvalue weighted by Gasteiger charge is -2.49. The Hall–Kier alpha value is -2.27. The number of aryl methyl sites for hydroxylation is 1. The maximum atomic E-state index is 12.6. The van der Waals surface area contributed by atoms with Crippen molar-refractivity contribution >= 4 is 5.91 Å².